The van der Waals surface area contributed by atoms with Crippen molar-refractivity contribution in [2.24, 2.45) is 0 Å². The summed E-state index contributed by atoms with van der Waals surface area (Å²) >= 11 is 5.18. The molecule has 2 N–H and O–H groups in total. The summed E-state index contributed by atoms with van der Waals surface area (Å²) < 4.78 is 1.11. The van der Waals surface area contributed by atoms with E-state index in [1.807, 2.05) is 19.1 Å². The van der Waals surface area contributed by atoms with Gasteiger partial charge in [-0.25, -0.2) is 4.98 Å². The molecule has 0 radical (unpaired) electrons. The maximum Gasteiger partial charge on any atom is 0.123 e. The highest BCUT2D eigenvalue weighted by Crippen LogP contribution is 2.33. The zero-order valence-corrected chi connectivity index (χ0v) is 10.0. The van der Waals surface area contributed by atoms with E-state index >= 15 is 0 Å². The lowest BCUT2D eigenvalue weighted by atomic mass is 10.1. The Bertz CT molecular complexity index is 465. The Morgan fingerprint density at radius 1 is 1.29 bits per heavy atom. The van der Waals surface area contributed by atoms with Crippen molar-refractivity contribution in [2.45, 2.75) is 6.92 Å². The molecule has 4 heteroatoms. The molecule has 72 valence electrons. The van der Waals surface area contributed by atoms with Crippen LogP contribution in [-0.4, -0.2) is 4.98 Å². The number of nitrogen functional groups attached to an aromatic ring is 1. The maximum absolute atomic E-state index is 5.60. The lowest BCUT2D eigenvalue weighted by Gasteiger charge is -2.04. The highest BCUT2D eigenvalue weighted by Gasteiger charge is 2.07. The Balaban J connectivity index is 2.58. The molecule has 2 nitrogen and oxygen atoms in total. The molecule has 2 heterocycles. The number of aryl methyl sites for hydroxylation is 1. The van der Waals surface area contributed by atoms with Crippen LogP contribution in [0.4, 0.5) is 5.82 Å². The van der Waals surface area contributed by atoms with Crippen molar-refractivity contribution in [3.63, 3.8) is 0 Å². The highest BCUT2D eigenvalue weighted by molar-refractivity contribution is 9.10. The maximum atomic E-state index is 5.60. The van der Waals surface area contributed by atoms with Gasteiger partial charge in [0.25, 0.3) is 0 Å². The van der Waals surface area contributed by atoms with E-state index in [2.05, 4.69) is 31.7 Å². The molecule has 0 atom stereocenters. The van der Waals surface area contributed by atoms with Crippen LogP contribution in [0, 0.1) is 6.92 Å². The van der Waals surface area contributed by atoms with Gasteiger partial charge in [-0.1, -0.05) is 0 Å². The largest absolute Gasteiger partial charge is 0.384 e. The molecular weight excluding hydrogens is 260 g/mol. The molecule has 14 heavy (non-hydrogen) atoms. The third kappa shape index (κ3) is 1.67. The number of thiophene rings is 1. The smallest absolute Gasteiger partial charge is 0.123 e. The number of rotatable bonds is 1. The summed E-state index contributed by atoms with van der Waals surface area (Å²) in [6.07, 6.45) is 0. The second-order valence-corrected chi connectivity index (χ2v) is 4.60. The Morgan fingerprint density at radius 3 is 2.64 bits per heavy atom. The summed E-state index contributed by atoms with van der Waals surface area (Å²) in [7, 11) is 0. The molecule has 0 aliphatic heterocycles. The van der Waals surface area contributed by atoms with Crippen LogP contribution in [0.3, 0.4) is 0 Å². The number of pyridine rings is 1. The normalized spacial score (nSPS) is 10.4. The van der Waals surface area contributed by atoms with Crippen LogP contribution in [0.25, 0.3) is 11.1 Å². The van der Waals surface area contributed by atoms with Gasteiger partial charge in [-0.3, -0.25) is 0 Å². The van der Waals surface area contributed by atoms with Gasteiger partial charge in [-0.2, -0.15) is 11.3 Å². The number of nitrogens with two attached hydrogens (primary N) is 1. The van der Waals surface area contributed by atoms with Crippen LogP contribution in [0.1, 0.15) is 5.69 Å². The van der Waals surface area contributed by atoms with Gasteiger partial charge in [0.1, 0.15) is 5.82 Å². The average Bonchev–Trinajstić information content (AvgIpc) is 2.52. The van der Waals surface area contributed by atoms with Crippen molar-refractivity contribution in [3.8, 4) is 11.1 Å². The first-order chi connectivity index (χ1) is 6.68. The number of hydrogen-bond acceptors (Lipinski definition) is 3. The predicted octanol–water partition coefficient (Wildman–Crippen LogP) is 3.46. The van der Waals surface area contributed by atoms with Gasteiger partial charge in [-0.05, 0) is 40.4 Å². The third-order valence-electron chi connectivity index (χ3n) is 2.01. The SMILES string of the molecule is Cc1nc(N)ccc1-c1cscc1Br. The second-order valence-electron chi connectivity index (χ2n) is 3.00. The zero-order valence-electron chi connectivity index (χ0n) is 7.62. The van der Waals surface area contributed by atoms with Crippen molar-refractivity contribution < 1.29 is 0 Å². The number of aromatic nitrogens is 1. The molecule has 0 aliphatic carbocycles. The quantitative estimate of drug-likeness (QED) is 0.861. The number of anilines is 1. The fraction of sp³-hybridized carbons (Fsp3) is 0.100. The molecule has 2 aromatic heterocycles. The van der Waals surface area contributed by atoms with Crippen molar-refractivity contribution in [2.75, 3.05) is 5.73 Å². The van der Waals surface area contributed by atoms with Gasteiger partial charge in [0, 0.05) is 26.7 Å². The highest BCUT2D eigenvalue weighted by atomic mass is 79.9. The minimum Gasteiger partial charge on any atom is -0.384 e. The van der Waals surface area contributed by atoms with Crippen LogP contribution in [0.15, 0.2) is 27.4 Å². The fourth-order valence-electron chi connectivity index (χ4n) is 1.34. The molecule has 0 unspecified atom stereocenters. The van der Waals surface area contributed by atoms with Gasteiger partial charge in [0.15, 0.2) is 0 Å². The Kier molecular flexibility index (Phi) is 2.56. The Morgan fingerprint density at radius 2 is 2.07 bits per heavy atom. The van der Waals surface area contributed by atoms with Gasteiger partial charge < -0.3 is 5.73 Å². The summed E-state index contributed by atoms with van der Waals surface area (Å²) in [6.45, 7) is 1.97. The predicted molar refractivity (Wildman–Crippen MR) is 64.4 cm³/mol. The van der Waals surface area contributed by atoms with Gasteiger partial charge >= 0.3 is 0 Å². The molecule has 0 amide bonds. The lowest BCUT2D eigenvalue weighted by molar-refractivity contribution is 1.21. The number of halogens is 1. The van der Waals surface area contributed by atoms with E-state index in [0.29, 0.717) is 5.82 Å². The standard InChI is InChI=1S/C10H9BrN2S/c1-6-7(2-3-10(12)13-6)8-4-14-5-9(8)11/h2-5H,1H3,(H2,12,13). The van der Waals surface area contributed by atoms with E-state index in [0.717, 1.165) is 15.7 Å². The minimum atomic E-state index is 0.567. The number of hydrogen-bond donors (Lipinski definition) is 1. The molecular formula is C10H9BrN2S. The summed E-state index contributed by atoms with van der Waals surface area (Å²) in [5, 5.41) is 4.16. The van der Waals surface area contributed by atoms with E-state index < -0.39 is 0 Å². The zero-order chi connectivity index (χ0) is 10.1. The van der Waals surface area contributed by atoms with Crippen LogP contribution >= 0.6 is 27.3 Å². The van der Waals surface area contributed by atoms with Gasteiger partial charge in [0.2, 0.25) is 0 Å². The van der Waals surface area contributed by atoms with Crippen LogP contribution in [0.2, 0.25) is 0 Å². The van der Waals surface area contributed by atoms with Crippen LogP contribution in [0.5, 0.6) is 0 Å². The molecule has 0 aliphatic rings. The van der Waals surface area contributed by atoms with E-state index in [1.165, 1.54) is 5.56 Å². The third-order valence-corrected chi connectivity index (χ3v) is 3.71. The van der Waals surface area contributed by atoms with Crippen LogP contribution < -0.4 is 5.73 Å². The first kappa shape index (κ1) is 9.68. The molecule has 0 saturated heterocycles. The molecule has 0 bridgehead atoms. The summed E-state index contributed by atoms with van der Waals surface area (Å²) in [5.41, 5.74) is 8.87. The molecule has 2 aromatic rings. The second kappa shape index (κ2) is 3.71. The monoisotopic (exact) mass is 268 g/mol. The molecule has 0 saturated carbocycles. The molecule has 0 aromatic carbocycles. The van der Waals surface area contributed by atoms with E-state index in [9.17, 15) is 0 Å². The summed E-state index contributed by atoms with van der Waals surface area (Å²) in [5.74, 6) is 0.567. The molecule has 2 rings (SSSR count). The topological polar surface area (TPSA) is 38.9 Å². The Labute approximate surface area is 94.9 Å². The van der Waals surface area contributed by atoms with Gasteiger partial charge in [0.05, 0.1) is 0 Å². The van der Waals surface area contributed by atoms with E-state index in [4.69, 9.17) is 5.73 Å². The molecule has 0 spiro atoms. The van der Waals surface area contributed by atoms with Crippen molar-refractivity contribution in [3.05, 3.63) is 33.1 Å². The van der Waals surface area contributed by atoms with E-state index in [-0.39, 0.29) is 0 Å². The summed E-state index contributed by atoms with van der Waals surface area (Å²) in [4.78, 5) is 4.23. The first-order valence-electron chi connectivity index (χ1n) is 4.13. The van der Waals surface area contributed by atoms with Gasteiger partial charge in [-0.15, -0.1) is 0 Å². The van der Waals surface area contributed by atoms with Crippen molar-refractivity contribution in [1.29, 1.82) is 0 Å². The fourth-order valence-corrected chi connectivity index (χ4v) is 2.85. The lowest BCUT2D eigenvalue weighted by Crippen LogP contribution is -1.93. The number of nitrogens with zero attached hydrogens (tertiary/aromatic N) is 1. The molecule has 0 fully saturated rings. The van der Waals surface area contributed by atoms with Crippen molar-refractivity contribution >= 4 is 33.1 Å². The average molecular weight is 269 g/mol. The van der Waals surface area contributed by atoms with Crippen molar-refractivity contribution in [1.82, 2.24) is 4.98 Å². The van der Waals surface area contributed by atoms with E-state index in [1.54, 1.807) is 11.3 Å². The summed E-state index contributed by atoms with van der Waals surface area (Å²) in [6, 6.07) is 3.83. The Hall–Kier alpha value is -0.870. The first-order valence-corrected chi connectivity index (χ1v) is 5.87. The minimum absolute atomic E-state index is 0.567. The van der Waals surface area contributed by atoms with Crippen LogP contribution in [-0.2, 0) is 0 Å².